The number of nitrogens with one attached hydrogen (secondary N) is 1. The number of likely N-dealkylation sites (tertiary alicyclic amines) is 1. The minimum atomic E-state index is -4.17. The molecule has 0 aromatic carbocycles. The van der Waals surface area contributed by atoms with E-state index in [0.717, 1.165) is 0 Å². The molecular weight excluding hydrogens is 265 g/mol. The smallest absolute Gasteiger partial charge is 0.389 e. The Morgan fingerprint density at radius 3 is 2.58 bits per heavy atom. The van der Waals surface area contributed by atoms with Crippen LogP contribution in [0.2, 0.25) is 0 Å². The average Bonchev–Trinajstić information content (AvgIpc) is 2.75. The number of unbranched alkanes of at least 4 members (excludes halogenated alkanes) is 1. The van der Waals surface area contributed by atoms with Crippen molar-refractivity contribution < 1.29 is 27.9 Å². The normalized spacial score (nSPS) is 19.5. The first-order valence-corrected chi connectivity index (χ1v) is 6.15. The minimum Gasteiger partial charge on any atom is -0.480 e. The highest BCUT2D eigenvalue weighted by atomic mass is 19.4. The Labute approximate surface area is 108 Å². The number of hydrogen-bond donors (Lipinski definition) is 2. The highest BCUT2D eigenvalue weighted by Gasteiger charge is 2.33. The summed E-state index contributed by atoms with van der Waals surface area (Å²) in [5, 5.41) is 11.3. The van der Waals surface area contributed by atoms with E-state index in [9.17, 15) is 22.8 Å². The maximum absolute atomic E-state index is 11.9. The molecule has 0 aromatic rings. The molecule has 2 amide bonds. The summed E-state index contributed by atoms with van der Waals surface area (Å²) >= 11 is 0. The summed E-state index contributed by atoms with van der Waals surface area (Å²) < 4.78 is 35.6. The van der Waals surface area contributed by atoms with Gasteiger partial charge in [0.15, 0.2) is 0 Å². The summed E-state index contributed by atoms with van der Waals surface area (Å²) in [5.74, 6) is -1.05. The fraction of sp³-hybridized carbons (Fsp3) is 0.818. The van der Waals surface area contributed by atoms with Crippen LogP contribution in [0.5, 0.6) is 0 Å². The van der Waals surface area contributed by atoms with E-state index in [4.69, 9.17) is 5.11 Å². The quantitative estimate of drug-likeness (QED) is 0.757. The third-order valence-electron chi connectivity index (χ3n) is 2.96. The molecule has 19 heavy (non-hydrogen) atoms. The molecular formula is C11H17F3N2O3. The van der Waals surface area contributed by atoms with E-state index in [1.54, 1.807) is 0 Å². The molecule has 0 bridgehead atoms. The van der Waals surface area contributed by atoms with Crippen LogP contribution in [0.25, 0.3) is 0 Å². The van der Waals surface area contributed by atoms with Crippen molar-refractivity contribution in [1.82, 2.24) is 10.2 Å². The molecule has 2 N–H and O–H groups in total. The number of carbonyl (C=O) groups excluding carboxylic acids is 1. The average molecular weight is 282 g/mol. The number of amides is 2. The van der Waals surface area contributed by atoms with E-state index < -0.39 is 30.6 Å². The summed E-state index contributed by atoms with van der Waals surface area (Å²) in [6, 6.07) is -1.34. The van der Waals surface area contributed by atoms with E-state index in [1.807, 2.05) is 0 Å². The zero-order chi connectivity index (χ0) is 14.5. The molecule has 8 heteroatoms. The van der Waals surface area contributed by atoms with E-state index in [0.29, 0.717) is 19.4 Å². The highest BCUT2D eigenvalue weighted by Crippen LogP contribution is 2.22. The zero-order valence-electron chi connectivity index (χ0n) is 10.4. The molecule has 0 aromatic heterocycles. The van der Waals surface area contributed by atoms with Gasteiger partial charge in [0.05, 0.1) is 0 Å². The molecule has 0 aliphatic carbocycles. The van der Waals surface area contributed by atoms with Crippen molar-refractivity contribution in [3.8, 4) is 0 Å². The molecule has 1 aliphatic heterocycles. The van der Waals surface area contributed by atoms with Gasteiger partial charge in [0, 0.05) is 19.5 Å². The van der Waals surface area contributed by atoms with Crippen molar-refractivity contribution >= 4 is 12.0 Å². The van der Waals surface area contributed by atoms with Gasteiger partial charge in [-0.3, -0.25) is 0 Å². The van der Waals surface area contributed by atoms with Gasteiger partial charge >= 0.3 is 18.2 Å². The van der Waals surface area contributed by atoms with Crippen molar-refractivity contribution in [2.75, 3.05) is 13.1 Å². The van der Waals surface area contributed by atoms with Gasteiger partial charge in [0.1, 0.15) is 6.04 Å². The van der Waals surface area contributed by atoms with Crippen molar-refractivity contribution in [2.45, 2.75) is 44.3 Å². The number of nitrogens with zero attached hydrogens (tertiary/aromatic N) is 1. The number of carboxylic acids is 1. The lowest BCUT2D eigenvalue weighted by atomic mass is 10.2. The fourth-order valence-electron chi connectivity index (χ4n) is 2.01. The Morgan fingerprint density at radius 1 is 1.32 bits per heavy atom. The number of aliphatic carboxylic acids is 1. The fourth-order valence-corrected chi connectivity index (χ4v) is 2.01. The largest absolute Gasteiger partial charge is 0.480 e. The molecule has 1 heterocycles. The zero-order valence-corrected chi connectivity index (χ0v) is 10.4. The first-order valence-electron chi connectivity index (χ1n) is 6.15. The summed E-state index contributed by atoms with van der Waals surface area (Å²) in [7, 11) is 0. The van der Waals surface area contributed by atoms with E-state index >= 15 is 0 Å². The molecule has 1 atom stereocenters. The van der Waals surface area contributed by atoms with Crippen LogP contribution in [-0.4, -0.2) is 47.3 Å². The van der Waals surface area contributed by atoms with Gasteiger partial charge in [0.25, 0.3) is 0 Å². The Morgan fingerprint density at radius 2 is 2.00 bits per heavy atom. The third-order valence-corrected chi connectivity index (χ3v) is 2.96. The lowest BCUT2D eigenvalue weighted by Gasteiger charge is -2.21. The van der Waals surface area contributed by atoms with Gasteiger partial charge in [-0.15, -0.1) is 0 Å². The van der Waals surface area contributed by atoms with Crippen LogP contribution in [0.4, 0.5) is 18.0 Å². The molecule has 1 rings (SSSR count). The van der Waals surface area contributed by atoms with E-state index in [2.05, 4.69) is 5.32 Å². The second kappa shape index (κ2) is 6.63. The van der Waals surface area contributed by atoms with Crippen LogP contribution in [-0.2, 0) is 4.79 Å². The summed E-state index contributed by atoms with van der Waals surface area (Å²) in [4.78, 5) is 23.7. The molecule has 1 saturated heterocycles. The molecule has 110 valence electrons. The molecule has 0 unspecified atom stereocenters. The van der Waals surface area contributed by atoms with E-state index in [1.165, 1.54) is 4.90 Å². The van der Waals surface area contributed by atoms with Gasteiger partial charge in [0.2, 0.25) is 0 Å². The number of urea groups is 1. The van der Waals surface area contributed by atoms with Gasteiger partial charge in [-0.25, -0.2) is 9.59 Å². The topological polar surface area (TPSA) is 69.6 Å². The first-order chi connectivity index (χ1) is 8.81. The van der Waals surface area contributed by atoms with Crippen LogP contribution >= 0.6 is 0 Å². The summed E-state index contributed by atoms with van der Waals surface area (Å²) in [5.41, 5.74) is 0. The van der Waals surface area contributed by atoms with Crippen LogP contribution in [0, 0.1) is 0 Å². The van der Waals surface area contributed by atoms with Crippen molar-refractivity contribution in [2.24, 2.45) is 0 Å². The number of rotatable bonds is 5. The van der Waals surface area contributed by atoms with Crippen LogP contribution < -0.4 is 5.32 Å². The number of halogens is 3. The monoisotopic (exact) mass is 282 g/mol. The molecule has 1 aliphatic rings. The molecule has 0 saturated carbocycles. The van der Waals surface area contributed by atoms with Gasteiger partial charge in [-0.1, -0.05) is 0 Å². The molecule has 5 nitrogen and oxygen atoms in total. The summed E-state index contributed by atoms with van der Waals surface area (Å²) in [6.07, 6.45) is -3.84. The lowest BCUT2D eigenvalue weighted by Crippen LogP contribution is -2.46. The van der Waals surface area contributed by atoms with Gasteiger partial charge in [-0.05, 0) is 25.7 Å². The van der Waals surface area contributed by atoms with Crippen LogP contribution in [0.1, 0.15) is 32.1 Å². The van der Waals surface area contributed by atoms with Crippen LogP contribution in [0.3, 0.4) is 0 Å². The van der Waals surface area contributed by atoms with E-state index in [-0.39, 0.29) is 19.4 Å². The number of alkyl halides is 3. The Hall–Kier alpha value is -1.47. The third kappa shape index (κ3) is 5.35. The summed E-state index contributed by atoms with van der Waals surface area (Å²) in [6.45, 7) is 0.489. The highest BCUT2D eigenvalue weighted by molar-refractivity contribution is 5.83. The second-order valence-corrected chi connectivity index (χ2v) is 4.49. The van der Waals surface area contributed by atoms with Crippen molar-refractivity contribution in [3.63, 3.8) is 0 Å². The maximum Gasteiger partial charge on any atom is 0.389 e. The maximum atomic E-state index is 11.9. The Balaban J connectivity index is 2.22. The van der Waals surface area contributed by atoms with Gasteiger partial charge in [-0.2, -0.15) is 13.2 Å². The molecule has 0 spiro atoms. The predicted octanol–water partition coefficient (Wildman–Crippen LogP) is 1.98. The Bertz CT molecular complexity index is 334. The number of hydrogen-bond acceptors (Lipinski definition) is 2. The Kier molecular flexibility index (Phi) is 5.44. The second-order valence-electron chi connectivity index (χ2n) is 4.49. The van der Waals surface area contributed by atoms with Crippen LogP contribution in [0.15, 0.2) is 0 Å². The van der Waals surface area contributed by atoms with Crippen molar-refractivity contribution in [3.05, 3.63) is 0 Å². The van der Waals surface area contributed by atoms with Gasteiger partial charge < -0.3 is 15.3 Å². The molecule has 1 fully saturated rings. The lowest BCUT2D eigenvalue weighted by molar-refractivity contribution is -0.141. The number of carbonyl (C=O) groups is 2. The SMILES string of the molecule is O=C(O)[C@@H]1CCCN1C(=O)NCCCCC(F)(F)F. The predicted molar refractivity (Wildman–Crippen MR) is 60.7 cm³/mol. The first kappa shape index (κ1) is 15.6. The minimum absolute atomic E-state index is 0.0495. The van der Waals surface area contributed by atoms with Crippen molar-refractivity contribution in [1.29, 1.82) is 0 Å². The standard InChI is InChI=1S/C11H17F3N2O3/c12-11(13,14)5-1-2-6-15-10(19)16-7-3-4-8(16)9(17)18/h8H,1-7H2,(H,15,19)(H,17,18)/t8-/m0/s1. The molecule has 0 radical (unpaired) electrons. The number of carboxylic acid groups (broad SMARTS) is 1.